The van der Waals surface area contributed by atoms with Gasteiger partial charge in [-0.3, -0.25) is 4.90 Å². The van der Waals surface area contributed by atoms with Gasteiger partial charge in [-0.25, -0.2) is 9.78 Å². The summed E-state index contributed by atoms with van der Waals surface area (Å²) in [6.07, 6.45) is 5.47. The molecule has 0 bridgehead atoms. The summed E-state index contributed by atoms with van der Waals surface area (Å²) in [5, 5.41) is 9.08. The summed E-state index contributed by atoms with van der Waals surface area (Å²) in [4.78, 5) is 25.4. The zero-order valence-electron chi connectivity index (χ0n) is 24.0. The van der Waals surface area contributed by atoms with E-state index in [0.717, 1.165) is 75.7 Å². The van der Waals surface area contributed by atoms with E-state index in [4.69, 9.17) is 4.74 Å². The number of aromatic amines is 1. The van der Waals surface area contributed by atoms with Gasteiger partial charge in [0.2, 0.25) is 0 Å². The van der Waals surface area contributed by atoms with Gasteiger partial charge in [0.25, 0.3) is 0 Å². The SMILES string of the molecule is C[C@H](NC(=O)N(CCCN1CCOCC1)Cc1ccc(CCNCc2ncc[nH]2)cc1)c1cccc2ccccc12. The van der Waals surface area contributed by atoms with Crippen LogP contribution in [-0.2, 0) is 24.2 Å². The molecule has 1 aromatic heterocycles. The van der Waals surface area contributed by atoms with E-state index in [1.54, 1.807) is 6.20 Å². The first-order chi connectivity index (χ1) is 20.2. The summed E-state index contributed by atoms with van der Waals surface area (Å²) in [6.45, 7) is 9.42. The number of nitrogens with zero attached hydrogens (tertiary/aromatic N) is 3. The molecule has 216 valence electrons. The summed E-state index contributed by atoms with van der Waals surface area (Å²) in [6, 6.07) is 23.1. The smallest absolute Gasteiger partial charge is 0.318 e. The topological polar surface area (TPSA) is 85.5 Å². The van der Waals surface area contributed by atoms with Gasteiger partial charge >= 0.3 is 6.03 Å². The van der Waals surface area contributed by atoms with E-state index in [-0.39, 0.29) is 12.1 Å². The maximum Gasteiger partial charge on any atom is 0.318 e. The van der Waals surface area contributed by atoms with Gasteiger partial charge in [-0.1, -0.05) is 66.7 Å². The van der Waals surface area contributed by atoms with Crippen molar-refractivity contribution in [3.63, 3.8) is 0 Å². The molecule has 2 heterocycles. The van der Waals surface area contributed by atoms with E-state index in [1.807, 2.05) is 17.2 Å². The van der Waals surface area contributed by atoms with Crippen molar-refractivity contribution in [1.29, 1.82) is 0 Å². The molecular weight excluding hydrogens is 512 g/mol. The lowest BCUT2D eigenvalue weighted by Gasteiger charge is -2.29. The van der Waals surface area contributed by atoms with Crippen LogP contribution in [0.15, 0.2) is 79.1 Å². The molecule has 4 aromatic rings. The average Bonchev–Trinajstić information content (AvgIpc) is 3.53. The van der Waals surface area contributed by atoms with E-state index in [9.17, 15) is 4.79 Å². The molecule has 2 amide bonds. The number of benzene rings is 3. The van der Waals surface area contributed by atoms with Crippen LogP contribution < -0.4 is 10.6 Å². The van der Waals surface area contributed by atoms with E-state index < -0.39 is 0 Å². The van der Waals surface area contributed by atoms with Crippen molar-refractivity contribution in [2.45, 2.75) is 38.9 Å². The quantitative estimate of drug-likeness (QED) is 0.205. The van der Waals surface area contributed by atoms with Crippen molar-refractivity contribution in [3.8, 4) is 0 Å². The van der Waals surface area contributed by atoms with Crippen LogP contribution in [0.3, 0.4) is 0 Å². The Bertz CT molecular complexity index is 1350. The lowest BCUT2D eigenvalue weighted by atomic mass is 10.00. The molecule has 0 aliphatic carbocycles. The fourth-order valence-electron chi connectivity index (χ4n) is 5.41. The highest BCUT2D eigenvalue weighted by molar-refractivity contribution is 5.86. The van der Waals surface area contributed by atoms with Crippen LogP contribution in [0.5, 0.6) is 0 Å². The van der Waals surface area contributed by atoms with Gasteiger partial charge < -0.3 is 25.3 Å². The molecule has 1 aliphatic heterocycles. The molecule has 0 radical (unpaired) electrons. The summed E-state index contributed by atoms with van der Waals surface area (Å²) >= 11 is 0. The van der Waals surface area contributed by atoms with Crippen LogP contribution in [0.4, 0.5) is 4.79 Å². The molecule has 1 saturated heterocycles. The molecule has 3 aromatic carbocycles. The molecule has 5 rings (SSSR count). The maximum atomic E-state index is 13.7. The van der Waals surface area contributed by atoms with Crippen molar-refractivity contribution in [1.82, 2.24) is 30.4 Å². The van der Waals surface area contributed by atoms with E-state index in [2.05, 4.69) is 93.1 Å². The van der Waals surface area contributed by atoms with Crippen molar-refractivity contribution in [2.75, 3.05) is 45.9 Å². The highest BCUT2D eigenvalue weighted by Gasteiger charge is 2.19. The number of imidazole rings is 1. The largest absolute Gasteiger partial charge is 0.379 e. The molecule has 8 nitrogen and oxygen atoms in total. The van der Waals surface area contributed by atoms with E-state index in [0.29, 0.717) is 13.1 Å². The fourth-order valence-corrected chi connectivity index (χ4v) is 5.41. The molecule has 1 atom stereocenters. The standard InChI is InChI=1S/C33H42N6O2/c1-26(30-9-4-7-29-6-2-3-8-31(29)30)37-33(40)39(19-5-18-38-20-22-41-23-21-38)25-28-12-10-27(11-13-28)14-15-34-24-32-35-16-17-36-32/h2-4,6-13,16-17,26,34H,5,14-15,18-25H2,1H3,(H,35,36)(H,37,40)/t26-/m0/s1. The number of morpholine rings is 1. The molecule has 3 N–H and O–H groups in total. The highest BCUT2D eigenvalue weighted by Crippen LogP contribution is 2.24. The zero-order chi connectivity index (χ0) is 28.3. The first-order valence-electron chi connectivity index (χ1n) is 14.8. The number of rotatable bonds is 13. The van der Waals surface area contributed by atoms with Gasteiger partial charge in [0.15, 0.2) is 0 Å². The van der Waals surface area contributed by atoms with Crippen molar-refractivity contribution >= 4 is 16.8 Å². The van der Waals surface area contributed by atoms with Gasteiger partial charge in [0.1, 0.15) is 5.82 Å². The zero-order valence-corrected chi connectivity index (χ0v) is 24.0. The Labute approximate surface area is 243 Å². The molecule has 1 aliphatic rings. The van der Waals surface area contributed by atoms with Crippen LogP contribution in [-0.4, -0.2) is 71.7 Å². The molecule has 8 heteroatoms. The van der Waals surface area contributed by atoms with Crippen molar-refractivity contribution in [3.05, 3.63) is 102 Å². The third-order valence-electron chi connectivity index (χ3n) is 7.76. The molecular formula is C33H42N6O2. The first kappa shape index (κ1) is 28.8. The molecule has 0 spiro atoms. The molecule has 41 heavy (non-hydrogen) atoms. The number of amides is 2. The van der Waals surface area contributed by atoms with Gasteiger partial charge in [0, 0.05) is 45.1 Å². The molecule has 0 saturated carbocycles. The summed E-state index contributed by atoms with van der Waals surface area (Å²) < 4.78 is 5.49. The lowest BCUT2D eigenvalue weighted by Crippen LogP contribution is -2.43. The number of nitrogens with one attached hydrogen (secondary N) is 3. The summed E-state index contributed by atoms with van der Waals surface area (Å²) in [5.74, 6) is 0.946. The summed E-state index contributed by atoms with van der Waals surface area (Å²) in [7, 11) is 0. The van der Waals surface area contributed by atoms with Gasteiger partial charge in [-0.2, -0.15) is 0 Å². The Morgan fingerprint density at radius 2 is 1.83 bits per heavy atom. The summed E-state index contributed by atoms with van der Waals surface area (Å²) in [5.41, 5.74) is 3.54. The average molecular weight is 555 g/mol. The van der Waals surface area contributed by atoms with Crippen molar-refractivity contribution in [2.24, 2.45) is 0 Å². The number of urea groups is 1. The Balaban J connectivity index is 1.19. The van der Waals surface area contributed by atoms with Crippen molar-refractivity contribution < 1.29 is 9.53 Å². The molecule has 1 fully saturated rings. The lowest BCUT2D eigenvalue weighted by molar-refractivity contribution is 0.0364. The Kier molecular flexibility index (Phi) is 10.4. The van der Waals surface area contributed by atoms with E-state index >= 15 is 0 Å². The van der Waals surface area contributed by atoms with Crippen LogP contribution in [0.1, 0.15) is 41.9 Å². The number of aromatic nitrogens is 2. The minimum absolute atomic E-state index is 0.0291. The highest BCUT2D eigenvalue weighted by atomic mass is 16.5. The number of carbonyl (C=O) groups is 1. The normalized spacial score (nSPS) is 14.7. The van der Waals surface area contributed by atoms with Crippen LogP contribution in [0.2, 0.25) is 0 Å². The van der Waals surface area contributed by atoms with Gasteiger partial charge in [-0.05, 0) is 53.8 Å². The van der Waals surface area contributed by atoms with Crippen LogP contribution in [0, 0.1) is 0 Å². The number of fused-ring (bicyclic) bond motifs is 1. The number of hydrogen-bond acceptors (Lipinski definition) is 5. The number of H-pyrrole nitrogens is 1. The number of ether oxygens (including phenoxy) is 1. The van der Waals surface area contributed by atoms with Gasteiger partial charge in [-0.15, -0.1) is 0 Å². The predicted octanol–water partition coefficient (Wildman–Crippen LogP) is 4.89. The third-order valence-corrected chi connectivity index (χ3v) is 7.76. The third kappa shape index (κ3) is 8.39. The Morgan fingerprint density at radius 1 is 1.05 bits per heavy atom. The molecule has 0 unspecified atom stereocenters. The van der Waals surface area contributed by atoms with Crippen LogP contribution >= 0.6 is 0 Å². The monoisotopic (exact) mass is 554 g/mol. The first-order valence-corrected chi connectivity index (χ1v) is 14.8. The number of carbonyl (C=O) groups excluding carboxylic acids is 1. The minimum Gasteiger partial charge on any atom is -0.379 e. The second kappa shape index (κ2) is 14.8. The van der Waals surface area contributed by atoms with Crippen LogP contribution in [0.25, 0.3) is 10.8 Å². The number of hydrogen-bond donors (Lipinski definition) is 3. The second-order valence-electron chi connectivity index (χ2n) is 10.7. The Hall–Kier alpha value is -3.72. The minimum atomic E-state index is -0.105. The second-order valence-corrected chi connectivity index (χ2v) is 10.7. The fraction of sp³-hybridized carbons (Fsp3) is 0.394. The maximum absolute atomic E-state index is 13.7. The Morgan fingerprint density at radius 3 is 2.63 bits per heavy atom. The van der Waals surface area contributed by atoms with E-state index in [1.165, 1.54) is 16.3 Å². The van der Waals surface area contributed by atoms with Gasteiger partial charge in [0.05, 0.1) is 25.8 Å². The predicted molar refractivity (Wildman–Crippen MR) is 164 cm³/mol.